The summed E-state index contributed by atoms with van der Waals surface area (Å²) in [5.74, 6) is 0.899. The fourth-order valence-electron chi connectivity index (χ4n) is 3.70. The third kappa shape index (κ3) is 5.68. The predicted octanol–water partition coefficient (Wildman–Crippen LogP) is 3.10. The van der Waals surface area contributed by atoms with Gasteiger partial charge in [0.2, 0.25) is 0 Å². The molecule has 3 rings (SSSR count). The van der Waals surface area contributed by atoms with Crippen molar-refractivity contribution in [3.8, 4) is 5.75 Å². The number of nitrogens with one attached hydrogen (secondary N) is 3. The molecule has 1 aliphatic heterocycles. The van der Waals surface area contributed by atoms with E-state index in [1.165, 1.54) is 43.5 Å². The number of quaternary nitrogens is 1. The zero-order valence-corrected chi connectivity index (χ0v) is 17.1. The smallest absolute Gasteiger partial charge is 0.171 e. The first-order valence-corrected chi connectivity index (χ1v) is 10.2. The Morgan fingerprint density at radius 2 is 1.70 bits per heavy atom. The number of benzene rings is 2. The molecular formula is C22H30N3OS+. The number of rotatable bonds is 6. The van der Waals surface area contributed by atoms with E-state index in [1.54, 1.807) is 12.0 Å². The molecule has 0 spiro atoms. The van der Waals surface area contributed by atoms with Gasteiger partial charge in [-0.1, -0.05) is 17.7 Å². The Morgan fingerprint density at radius 1 is 1.04 bits per heavy atom. The number of methoxy groups -OCH3 is 1. The minimum Gasteiger partial charge on any atom is -0.497 e. The van der Waals surface area contributed by atoms with E-state index in [0.717, 1.165) is 18.0 Å². The number of aryl methyl sites for hydroxylation is 1. The number of piperidine rings is 1. The first-order chi connectivity index (χ1) is 13.2. The molecule has 4 nitrogen and oxygen atoms in total. The van der Waals surface area contributed by atoms with Gasteiger partial charge in [-0.3, -0.25) is 0 Å². The molecule has 1 aliphatic rings. The van der Waals surface area contributed by atoms with Gasteiger partial charge in [0.1, 0.15) is 11.8 Å². The largest absolute Gasteiger partial charge is 0.497 e. The lowest BCUT2D eigenvalue weighted by Crippen LogP contribution is -3.13. The molecule has 0 unspecified atom stereocenters. The van der Waals surface area contributed by atoms with Crippen LogP contribution in [-0.2, 0) is 0 Å². The van der Waals surface area contributed by atoms with E-state index in [4.69, 9.17) is 17.0 Å². The highest BCUT2D eigenvalue weighted by molar-refractivity contribution is 7.80. The van der Waals surface area contributed by atoms with E-state index in [1.807, 2.05) is 0 Å². The van der Waals surface area contributed by atoms with Gasteiger partial charge in [-0.15, -0.1) is 0 Å². The lowest BCUT2D eigenvalue weighted by Gasteiger charge is -2.32. The van der Waals surface area contributed by atoms with E-state index in [2.05, 4.69) is 66.1 Å². The third-order valence-corrected chi connectivity index (χ3v) is 5.53. The van der Waals surface area contributed by atoms with E-state index in [-0.39, 0.29) is 0 Å². The van der Waals surface area contributed by atoms with Gasteiger partial charge in [0.15, 0.2) is 5.11 Å². The SMILES string of the molecule is COc1ccc([C@H](CNC(=S)Nc2ccc(C)cc2)[NH+]2CCCCC2)cc1. The van der Waals surface area contributed by atoms with Crippen molar-refractivity contribution in [1.29, 1.82) is 0 Å². The van der Waals surface area contributed by atoms with Crippen LogP contribution in [0.1, 0.15) is 36.4 Å². The molecule has 0 aromatic heterocycles. The van der Waals surface area contributed by atoms with Crippen LogP contribution in [0.3, 0.4) is 0 Å². The molecule has 0 amide bonds. The summed E-state index contributed by atoms with van der Waals surface area (Å²) in [6.45, 7) is 5.34. The van der Waals surface area contributed by atoms with Crippen LogP contribution in [0.15, 0.2) is 48.5 Å². The van der Waals surface area contributed by atoms with Crippen LogP contribution in [0.2, 0.25) is 0 Å². The molecule has 1 saturated heterocycles. The Morgan fingerprint density at radius 3 is 2.33 bits per heavy atom. The van der Waals surface area contributed by atoms with Crippen molar-refractivity contribution in [3.05, 3.63) is 59.7 Å². The quantitative estimate of drug-likeness (QED) is 0.669. The Labute approximate surface area is 167 Å². The number of ether oxygens (including phenoxy) is 1. The van der Waals surface area contributed by atoms with Crippen LogP contribution in [0.4, 0.5) is 5.69 Å². The van der Waals surface area contributed by atoms with Crippen LogP contribution < -0.4 is 20.3 Å². The number of thiocarbonyl (C=S) groups is 1. The minimum absolute atomic E-state index is 0.383. The van der Waals surface area contributed by atoms with Gasteiger partial charge in [0.25, 0.3) is 0 Å². The van der Waals surface area contributed by atoms with E-state index < -0.39 is 0 Å². The predicted molar refractivity (Wildman–Crippen MR) is 116 cm³/mol. The third-order valence-electron chi connectivity index (χ3n) is 5.28. The highest BCUT2D eigenvalue weighted by Gasteiger charge is 2.26. The van der Waals surface area contributed by atoms with Gasteiger partial charge in [-0.2, -0.15) is 0 Å². The summed E-state index contributed by atoms with van der Waals surface area (Å²) < 4.78 is 5.31. The molecule has 0 radical (unpaired) electrons. The molecule has 2 aromatic rings. The average Bonchev–Trinajstić information content (AvgIpc) is 2.71. The summed E-state index contributed by atoms with van der Waals surface area (Å²) >= 11 is 5.53. The maximum atomic E-state index is 5.53. The molecular weight excluding hydrogens is 354 g/mol. The second-order valence-electron chi connectivity index (χ2n) is 7.25. The Balaban J connectivity index is 1.64. The summed E-state index contributed by atoms with van der Waals surface area (Å²) in [6, 6.07) is 17.1. The first-order valence-electron chi connectivity index (χ1n) is 9.76. The number of anilines is 1. The Bertz CT molecular complexity index is 724. The van der Waals surface area contributed by atoms with Crippen molar-refractivity contribution in [2.24, 2.45) is 0 Å². The van der Waals surface area contributed by atoms with Crippen LogP contribution >= 0.6 is 12.2 Å². The number of likely N-dealkylation sites (tertiary alicyclic amines) is 1. The van der Waals surface area contributed by atoms with E-state index >= 15 is 0 Å². The summed E-state index contributed by atoms with van der Waals surface area (Å²) in [7, 11) is 1.71. The van der Waals surface area contributed by atoms with Crippen molar-refractivity contribution in [1.82, 2.24) is 5.32 Å². The summed E-state index contributed by atoms with van der Waals surface area (Å²) in [5, 5.41) is 7.40. The summed E-state index contributed by atoms with van der Waals surface area (Å²) in [4.78, 5) is 1.64. The fraction of sp³-hybridized carbons (Fsp3) is 0.409. The lowest BCUT2D eigenvalue weighted by molar-refractivity contribution is -0.934. The zero-order chi connectivity index (χ0) is 19.1. The molecule has 1 atom stereocenters. The molecule has 144 valence electrons. The van der Waals surface area contributed by atoms with Gasteiger partial charge in [-0.05, 0) is 74.8 Å². The topological polar surface area (TPSA) is 37.7 Å². The summed E-state index contributed by atoms with van der Waals surface area (Å²) in [5.41, 5.74) is 3.59. The molecule has 0 bridgehead atoms. The van der Waals surface area contributed by atoms with Crippen molar-refractivity contribution in [3.63, 3.8) is 0 Å². The monoisotopic (exact) mass is 384 g/mol. The zero-order valence-electron chi connectivity index (χ0n) is 16.3. The maximum absolute atomic E-state index is 5.53. The average molecular weight is 385 g/mol. The standard InChI is InChI=1S/C22H29N3OS/c1-17-6-10-19(11-7-17)24-22(27)23-16-21(25-14-4-3-5-15-25)18-8-12-20(26-2)13-9-18/h6-13,21H,3-5,14-16H2,1-2H3,(H2,23,24,27)/p+1/t21-/m0/s1. The van der Waals surface area contributed by atoms with Crippen molar-refractivity contribution < 1.29 is 9.64 Å². The molecule has 5 heteroatoms. The normalized spacial score (nSPS) is 15.8. The molecule has 1 fully saturated rings. The van der Waals surface area contributed by atoms with Crippen LogP contribution in [0.5, 0.6) is 5.75 Å². The van der Waals surface area contributed by atoms with Gasteiger partial charge in [-0.25, -0.2) is 0 Å². The van der Waals surface area contributed by atoms with Gasteiger partial charge < -0.3 is 20.3 Å². The maximum Gasteiger partial charge on any atom is 0.171 e. The van der Waals surface area contributed by atoms with Crippen LogP contribution in [-0.4, -0.2) is 31.9 Å². The van der Waals surface area contributed by atoms with Gasteiger partial charge >= 0.3 is 0 Å². The molecule has 2 aromatic carbocycles. The van der Waals surface area contributed by atoms with Crippen molar-refractivity contribution in [2.75, 3.05) is 32.1 Å². The Hall–Kier alpha value is -2.11. The first kappa shape index (κ1) is 19.6. The van der Waals surface area contributed by atoms with Crippen LogP contribution in [0.25, 0.3) is 0 Å². The number of hydrogen-bond donors (Lipinski definition) is 3. The van der Waals surface area contributed by atoms with Crippen LogP contribution in [0, 0.1) is 6.92 Å². The minimum atomic E-state index is 0.383. The highest BCUT2D eigenvalue weighted by atomic mass is 32.1. The molecule has 27 heavy (non-hydrogen) atoms. The molecule has 0 aliphatic carbocycles. The summed E-state index contributed by atoms with van der Waals surface area (Å²) in [6.07, 6.45) is 3.95. The molecule has 1 heterocycles. The molecule has 3 N–H and O–H groups in total. The highest BCUT2D eigenvalue weighted by Crippen LogP contribution is 2.17. The second-order valence-corrected chi connectivity index (χ2v) is 7.65. The molecule has 0 saturated carbocycles. The van der Waals surface area contributed by atoms with Crippen molar-refractivity contribution >= 4 is 23.0 Å². The van der Waals surface area contributed by atoms with Gasteiger partial charge in [0.05, 0.1) is 26.7 Å². The lowest BCUT2D eigenvalue weighted by atomic mass is 10.0. The van der Waals surface area contributed by atoms with E-state index in [9.17, 15) is 0 Å². The Kier molecular flexibility index (Phi) is 7.07. The fourth-order valence-corrected chi connectivity index (χ4v) is 3.90. The van der Waals surface area contributed by atoms with Crippen molar-refractivity contribution in [2.45, 2.75) is 32.2 Å². The van der Waals surface area contributed by atoms with Gasteiger partial charge in [0, 0.05) is 11.3 Å². The number of hydrogen-bond acceptors (Lipinski definition) is 2. The van der Waals surface area contributed by atoms with E-state index in [0.29, 0.717) is 11.2 Å². The second kappa shape index (κ2) is 9.72.